The zero-order valence-corrected chi connectivity index (χ0v) is 22.3. The topological polar surface area (TPSA) is 52.7 Å². The smallest absolute Gasteiger partial charge is 0.226 e. The maximum Gasteiger partial charge on any atom is 0.226 e. The standard InChI is InChI=1S/C31H40FN3O2/c1-4-9-24-10-5-6-11-25(24)14-15-30(36)33-29-19-28(32)18-27(23(29)3)21-34-16-17-35(22(2)20-34)31(37)26-12-7-8-13-26/h4-6,10-11,18-19,22,26H,1,7-9,12-17,20-21H2,2-3H3,(H,33,36). The highest BCUT2D eigenvalue weighted by Crippen LogP contribution is 2.29. The lowest BCUT2D eigenvalue weighted by atomic mass is 10.00. The molecule has 1 N–H and O–H groups in total. The summed E-state index contributed by atoms with van der Waals surface area (Å²) in [5.74, 6) is 0.0286. The van der Waals surface area contributed by atoms with E-state index in [1.165, 1.54) is 11.6 Å². The Balaban J connectivity index is 1.35. The Morgan fingerprint density at radius 2 is 1.84 bits per heavy atom. The quantitative estimate of drug-likeness (QED) is 0.448. The first-order valence-corrected chi connectivity index (χ1v) is 13.6. The van der Waals surface area contributed by atoms with E-state index < -0.39 is 0 Å². The Kier molecular flexibility index (Phi) is 9.14. The predicted octanol–water partition coefficient (Wildman–Crippen LogP) is 5.66. The fourth-order valence-corrected chi connectivity index (χ4v) is 5.80. The minimum Gasteiger partial charge on any atom is -0.337 e. The van der Waals surface area contributed by atoms with Gasteiger partial charge in [0.25, 0.3) is 0 Å². The fourth-order valence-electron chi connectivity index (χ4n) is 5.80. The maximum atomic E-state index is 14.6. The van der Waals surface area contributed by atoms with Crippen molar-refractivity contribution in [2.75, 3.05) is 25.0 Å². The average molecular weight is 506 g/mol. The zero-order chi connectivity index (χ0) is 26.4. The third-order valence-electron chi connectivity index (χ3n) is 7.95. The second-order valence-corrected chi connectivity index (χ2v) is 10.6. The lowest BCUT2D eigenvalue weighted by Crippen LogP contribution is -2.54. The highest BCUT2D eigenvalue weighted by molar-refractivity contribution is 5.91. The molecular weight excluding hydrogens is 465 g/mol. The van der Waals surface area contributed by atoms with Crippen LogP contribution in [0.5, 0.6) is 0 Å². The number of nitrogens with zero attached hydrogens (tertiary/aromatic N) is 2. The second kappa shape index (κ2) is 12.5. The Labute approximate surface area is 220 Å². The summed E-state index contributed by atoms with van der Waals surface area (Å²) >= 11 is 0. The molecule has 1 unspecified atom stereocenters. The summed E-state index contributed by atoms with van der Waals surface area (Å²) in [5, 5.41) is 2.94. The second-order valence-electron chi connectivity index (χ2n) is 10.6. The molecule has 5 nitrogen and oxygen atoms in total. The average Bonchev–Trinajstić information content (AvgIpc) is 3.41. The first-order chi connectivity index (χ1) is 17.9. The molecule has 1 heterocycles. The van der Waals surface area contributed by atoms with E-state index in [0.29, 0.717) is 37.5 Å². The number of benzene rings is 2. The number of amides is 2. The first-order valence-electron chi connectivity index (χ1n) is 13.6. The summed E-state index contributed by atoms with van der Waals surface area (Å²) in [7, 11) is 0. The van der Waals surface area contributed by atoms with Gasteiger partial charge in [0.05, 0.1) is 0 Å². The van der Waals surface area contributed by atoms with Crippen LogP contribution in [-0.4, -0.2) is 47.3 Å². The normalized spacial score (nSPS) is 18.7. The number of anilines is 1. The minimum atomic E-state index is -0.352. The van der Waals surface area contributed by atoms with Gasteiger partial charge in [-0.2, -0.15) is 0 Å². The van der Waals surface area contributed by atoms with E-state index in [-0.39, 0.29) is 23.7 Å². The number of hydrogen-bond acceptors (Lipinski definition) is 3. The number of halogens is 1. The fraction of sp³-hybridized carbons (Fsp3) is 0.484. The van der Waals surface area contributed by atoms with Crippen molar-refractivity contribution in [2.24, 2.45) is 5.92 Å². The Morgan fingerprint density at radius 3 is 2.54 bits per heavy atom. The number of allylic oxidation sites excluding steroid dienone is 1. The number of carbonyl (C=O) groups is 2. The van der Waals surface area contributed by atoms with Crippen LogP contribution >= 0.6 is 0 Å². The molecule has 0 aromatic heterocycles. The van der Waals surface area contributed by atoms with Crippen LogP contribution in [0.4, 0.5) is 10.1 Å². The van der Waals surface area contributed by atoms with Gasteiger partial charge in [-0.25, -0.2) is 4.39 Å². The zero-order valence-electron chi connectivity index (χ0n) is 22.3. The minimum absolute atomic E-state index is 0.124. The number of piperazine rings is 1. The van der Waals surface area contributed by atoms with Crippen LogP contribution in [0.1, 0.15) is 61.3 Å². The van der Waals surface area contributed by atoms with Crippen molar-refractivity contribution >= 4 is 17.5 Å². The summed E-state index contributed by atoms with van der Waals surface area (Å²) < 4.78 is 14.6. The van der Waals surface area contributed by atoms with Gasteiger partial charge in [-0.3, -0.25) is 14.5 Å². The van der Waals surface area contributed by atoms with Gasteiger partial charge in [0.2, 0.25) is 11.8 Å². The number of rotatable bonds is 9. The van der Waals surface area contributed by atoms with Crippen LogP contribution in [0.2, 0.25) is 0 Å². The molecule has 198 valence electrons. The molecule has 0 spiro atoms. The summed E-state index contributed by atoms with van der Waals surface area (Å²) in [4.78, 5) is 30.0. The Bertz CT molecular complexity index is 1130. The highest BCUT2D eigenvalue weighted by atomic mass is 19.1. The number of hydrogen-bond donors (Lipinski definition) is 1. The molecule has 0 radical (unpaired) electrons. The van der Waals surface area contributed by atoms with Crippen molar-refractivity contribution in [1.29, 1.82) is 0 Å². The molecule has 1 aliphatic heterocycles. The molecule has 1 aliphatic carbocycles. The van der Waals surface area contributed by atoms with E-state index in [1.54, 1.807) is 6.07 Å². The number of carbonyl (C=O) groups excluding carboxylic acids is 2. The van der Waals surface area contributed by atoms with Gasteiger partial charge in [0.15, 0.2) is 0 Å². The summed E-state index contributed by atoms with van der Waals surface area (Å²) in [6.45, 7) is 10.7. The molecule has 2 aliphatic rings. The SMILES string of the molecule is C=CCc1ccccc1CCC(=O)Nc1cc(F)cc(CN2CCN(C(=O)C3CCCC3)C(C)C2)c1C. The van der Waals surface area contributed by atoms with Gasteiger partial charge < -0.3 is 10.2 Å². The van der Waals surface area contributed by atoms with Crippen molar-refractivity contribution in [3.8, 4) is 0 Å². The molecule has 1 atom stereocenters. The van der Waals surface area contributed by atoms with Crippen LogP contribution in [0.3, 0.4) is 0 Å². The lowest BCUT2D eigenvalue weighted by Gasteiger charge is -2.41. The van der Waals surface area contributed by atoms with Crippen LogP contribution in [-0.2, 0) is 29.0 Å². The van der Waals surface area contributed by atoms with Crippen molar-refractivity contribution in [1.82, 2.24) is 9.80 Å². The lowest BCUT2D eigenvalue weighted by molar-refractivity contribution is -0.140. The molecule has 1 saturated heterocycles. The van der Waals surface area contributed by atoms with Gasteiger partial charge >= 0.3 is 0 Å². The van der Waals surface area contributed by atoms with E-state index in [9.17, 15) is 14.0 Å². The van der Waals surface area contributed by atoms with Gasteiger partial charge in [-0.05, 0) is 73.9 Å². The monoisotopic (exact) mass is 505 g/mol. The van der Waals surface area contributed by atoms with Gasteiger partial charge in [0.1, 0.15) is 5.82 Å². The molecule has 2 fully saturated rings. The molecule has 2 amide bonds. The third-order valence-corrected chi connectivity index (χ3v) is 7.95. The van der Waals surface area contributed by atoms with Crippen LogP contribution < -0.4 is 5.32 Å². The summed E-state index contributed by atoms with van der Waals surface area (Å²) in [5.41, 5.74) is 4.60. The molecule has 2 aromatic rings. The van der Waals surface area contributed by atoms with E-state index in [4.69, 9.17) is 0 Å². The first kappa shape index (κ1) is 27.1. The van der Waals surface area contributed by atoms with Crippen molar-refractivity contribution in [2.45, 2.75) is 71.4 Å². The molecular formula is C31H40FN3O2. The van der Waals surface area contributed by atoms with Gasteiger partial charge in [-0.15, -0.1) is 6.58 Å². The van der Waals surface area contributed by atoms with Gasteiger partial charge in [0, 0.05) is 50.2 Å². The molecule has 37 heavy (non-hydrogen) atoms. The van der Waals surface area contributed by atoms with Gasteiger partial charge in [-0.1, -0.05) is 43.2 Å². The van der Waals surface area contributed by atoms with Crippen LogP contribution in [0.25, 0.3) is 0 Å². The molecule has 6 heteroatoms. The van der Waals surface area contributed by atoms with Crippen molar-refractivity contribution < 1.29 is 14.0 Å². The van der Waals surface area contributed by atoms with Crippen LogP contribution in [0, 0.1) is 18.7 Å². The maximum absolute atomic E-state index is 14.6. The molecule has 1 saturated carbocycles. The molecule has 0 bridgehead atoms. The Hall–Kier alpha value is -2.99. The Morgan fingerprint density at radius 1 is 1.11 bits per heavy atom. The largest absolute Gasteiger partial charge is 0.337 e. The van der Waals surface area contributed by atoms with Crippen molar-refractivity contribution in [3.63, 3.8) is 0 Å². The third kappa shape index (κ3) is 6.86. The van der Waals surface area contributed by atoms with Crippen molar-refractivity contribution in [3.05, 3.63) is 77.1 Å². The summed E-state index contributed by atoms with van der Waals surface area (Å²) in [6.07, 6.45) is 7.94. The predicted molar refractivity (Wildman–Crippen MR) is 147 cm³/mol. The van der Waals surface area contributed by atoms with E-state index in [2.05, 4.69) is 29.8 Å². The van der Waals surface area contributed by atoms with Crippen LogP contribution in [0.15, 0.2) is 49.1 Å². The highest BCUT2D eigenvalue weighted by Gasteiger charge is 2.33. The number of nitrogens with one attached hydrogen (secondary N) is 1. The number of aryl methyl sites for hydroxylation is 1. The summed E-state index contributed by atoms with van der Waals surface area (Å²) in [6, 6.07) is 11.2. The van der Waals surface area contributed by atoms with E-state index in [1.807, 2.05) is 36.1 Å². The molecule has 4 rings (SSSR count). The molecule has 2 aromatic carbocycles. The van der Waals surface area contributed by atoms with E-state index >= 15 is 0 Å². The van der Waals surface area contributed by atoms with E-state index in [0.717, 1.165) is 61.9 Å².